The second-order valence-electron chi connectivity index (χ2n) is 5.09. The van der Waals surface area contributed by atoms with Crippen molar-refractivity contribution in [3.63, 3.8) is 0 Å². The van der Waals surface area contributed by atoms with Crippen LogP contribution in [-0.4, -0.2) is 20.0 Å². The van der Waals surface area contributed by atoms with Gasteiger partial charge in [0.15, 0.2) is 5.78 Å². The summed E-state index contributed by atoms with van der Waals surface area (Å²) in [4.78, 5) is 11.8. The summed E-state index contributed by atoms with van der Waals surface area (Å²) in [6.45, 7) is 5.68. The molecule has 0 atom stereocenters. The zero-order valence-corrected chi connectivity index (χ0v) is 11.6. The van der Waals surface area contributed by atoms with E-state index in [-0.39, 0.29) is 11.2 Å². The molecule has 0 amide bonds. The first-order valence-corrected chi connectivity index (χ1v) is 5.82. The maximum Gasteiger partial charge on any atom is 0.161 e. The Morgan fingerprint density at radius 2 is 1.56 bits per heavy atom. The van der Waals surface area contributed by atoms with Crippen LogP contribution in [0.25, 0.3) is 6.08 Å². The Morgan fingerprint density at radius 1 is 1.06 bits per heavy atom. The van der Waals surface area contributed by atoms with E-state index in [2.05, 4.69) is 0 Å². The summed E-state index contributed by atoms with van der Waals surface area (Å²) in [5.41, 5.74) is 0.517. The first kappa shape index (κ1) is 14.3. The van der Waals surface area contributed by atoms with Crippen LogP contribution in [0.2, 0.25) is 0 Å². The number of benzene rings is 1. The highest BCUT2D eigenvalue weighted by Crippen LogP contribution is 2.24. The quantitative estimate of drug-likeness (QED) is 0.767. The zero-order chi connectivity index (χ0) is 13.8. The van der Waals surface area contributed by atoms with E-state index in [0.717, 1.165) is 5.56 Å². The number of carbonyl (C=O) groups is 1. The Hall–Kier alpha value is -1.77. The van der Waals surface area contributed by atoms with Gasteiger partial charge in [0, 0.05) is 11.5 Å². The number of hydrogen-bond donors (Lipinski definition) is 0. The lowest BCUT2D eigenvalue weighted by Crippen LogP contribution is -2.17. The van der Waals surface area contributed by atoms with Crippen LogP contribution < -0.4 is 9.47 Å². The molecule has 0 saturated carbocycles. The minimum absolute atomic E-state index is 0.0873. The molecular weight excluding hydrogens is 228 g/mol. The van der Waals surface area contributed by atoms with E-state index in [1.807, 2.05) is 32.9 Å². The monoisotopic (exact) mass is 248 g/mol. The van der Waals surface area contributed by atoms with Gasteiger partial charge in [0.1, 0.15) is 11.5 Å². The van der Waals surface area contributed by atoms with Gasteiger partial charge in [-0.3, -0.25) is 4.79 Å². The molecule has 0 aliphatic rings. The van der Waals surface area contributed by atoms with Gasteiger partial charge in [-0.15, -0.1) is 0 Å². The van der Waals surface area contributed by atoms with Crippen molar-refractivity contribution in [1.82, 2.24) is 0 Å². The highest BCUT2D eigenvalue weighted by molar-refractivity contribution is 5.97. The Kier molecular flexibility index (Phi) is 4.54. The summed E-state index contributed by atoms with van der Waals surface area (Å²) < 4.78 is 10.3. The minimum Gasteiger partial charge on any atom is -0.497 e. The number of rotatable bonds is 4. The molecule has 18 heavy (non-hydrogen) atoms. The van der Waals surface area contributed by atoms with Crippen molar-refractivity contribution in [2.24, 2.45) is 5.41 Å². The van der Waals surface area contributed by atoms with Gasteiger partial charge in [-0.05, 0) is 23.8 Å². The third kappa shape index (κ3) is 3.91. The number of ketones is 1. The minimum atomic E-state index is -0.362. The van der Waals surface area contributed by atoms with Crippen LogP contribution in [0, 0.1) is 5.41 Å². The van der Waals surface area contributed by atoms with Gasteiger partial charge in [-0.25, -0.2) is 0 Å². The average molecular weight is 248 g/mol. The van der Waals surface area contributed by atoms with Gasteiger partial charge in [0.05, 0.1) is 14.2 Å². The molecule has 0 aliphatic heterocycles. The van der Waals surface area contributed by atoms with Crippen LogP contribution in [0.1, 0.15) is 26.3 Å². The highest BCUT2D eigenvalue weighted by atomic mass is 16.5. The van der Waals surface area contributed by atoms with Crippen molar-refractivity contribution >= 4 is 11.9 Å². The molecule has 0 aliphatic carbocycles. The third-order valence-corrected chi connectivity index (χ3v) is 2.54. The van der Waals surface area contributed by atoms with E-state index in [1.54, 1.807) is 32.4 Å². The summed E-state index contributed by atoms with van der Waals surface area (Å²) in [7, 11) is 3.20. The smallest absolute Gasteiger partial charge is 0.161 e. The van der Waals surface area contributed by atoms with Gasteiger partial charge >= 0.3 is 0 Å². The van der Waals surface area contributed by atoms with Crippen LogP contribution in [-0.2, 0) is 4.79 Å². The standard InChI is InChI=1S/C15H20O3/c1-15(2,3)14(16)7-6-11-8-12(17-4)10-13(9-11)18-5/h6-10H,1-5H3. The molecule has 1 rings (SSSR count). The summed E-state index contributed by atoms with van der Waals surface area (Å²) in [6.07, 6.45) is 3.37. The Morgan fingerprint density at radius 3 is 1.94 bits per heavy atom. The lowest BCUT2D eigenvalue weighted by atomic mass is 9.90. The molecule has 0 N–H and O–H groups in total. The van der Waals surface area contributed by atoms with E-state index in [0.29, 0.717) is 11.5 Å². The largest absolute Gasteiger partial charge is 0.497 e. The zero-order valence-electron chi connectivity index (χ0n) is 11.6. The van der Waals surface area contributed by atoms with Crippen LogP contribution in [0.3, 0.4) is 0 Å². The molecule has 3 nitrogen and oxygen atoms in total. The molecule has 0 unspecified atom stereocenters. The topological polar surface area (TPSA) is 35.5 Å². The molecule has 1 aromatic rings. The van der Waals surface area contributed by atoms with E-state index in [1.165, 1.54) is 0 Å². The van der Waals surface area contributed by atoms with Crippen molar-refractivity contribution in [3.05, 3.63) is 29.8 Å². The van der Waals surface area contributed by atoms with Gasteiger partial charge in [0.25, 0.3) is 0 Å². The second kappa shape index (κ2) is 5.71. The first-order chi connectivity index (χ1) is 8.36. The van der Waals surface area contributed by atoms with E-state index in [9.17, 15) is 4.79 Å². The average Bonchev–Trinajstić information content (AvgIpc) is 2.34. The predicted molar refractivity (Wildman–Crippen MR) is 73.0 cm³/mol. The molecule has 1 aromatic carbocycles. The maximum atomic E-state index is 11.8. The van der Waals surface area contributed by atoms with Crippen molar-refractivity contribution < 1.29 is 14.3 Å². The molecule has 3 heteroatoms. The summed E-state index contributed by atoms with van der Waals surface area (Å²) in [5, 5.41) is 0. The number of methoxy groups -OCH3 is 2. The lowest BCUT2D eigenvalue weighted by Gasteiger charge is -2.13. The fraction of sp³-hybridized carbons (Fsp3) is 0.400. The predicted octanol–water partition coefficient (Wildman–Crippen LogP) is 3.33. The van der Waals surface area contributed by atoms with Gasteiger partial charge in [-0.2, -0.15) is 0 Å². The number of ether oxygens (including phenoxy) is 2. The third-order valence-electron chi connectivity index (χ3n) is 2.54. The van der Waals surface area contributed by atoms with Crippen molar-refractivity contribution in [2.45, 2.75) is 20.8 Å². The van der Waals surface area contributed by atoms with E-state index < -0.39 is 0 Å². The second-order valence-corrected chi connectivity index (χ2v) is 5.09. The van der Waals surface area contributed by atoms with E-state index >= 15 is 0 Å². The van der Waals surface area contributed by atoms with Crippen molar-refractivity contribution in [1.29, 1.82) is 0 Å². The molecule has 0 bridgehead atoms. The molecule has 0 spiro atoms. The van der Waals surface area contributed by atoms with Crippen LogP contribution in [0.15, 0.2) is 24.3 Å². The Balaban J connectivity index is 2.97. The molecule has 98 valence electrons. The number of carbonyl (C=O) groups excluding carboxylic acids is 1. The normalized spacial score (nSPS) is 11.6. The van der Waals surface area contributed by atoms with Crippen molar-refractivity contribution in [3.8, 4) is 11.5 Å². The lowest BCUT2D eigenvalue weighted by molar-refractivity contribution is -0.121. The van der Waals surface area contributed by atoms with Gasteiger partial charge in [0.2, 0.25) is 0 Å². The molecule has 0 fully saturated rings. The maximum absolute atomic E-state index is 11.8. The number of hydrogen-bond acceptors (Lipinski definition) is 3. The summed E-state index contributed by atoms with van der Waals surface area (Å²) in [6, 6.07) is 5.51. The molecule has 0 heterocycles. The number of allylic oxidation sites excluding steroid dienone is 1. The van der Waals surface area contributed by atoms with Gasteiger partial charge in [-0.1, -0.05) is 26.8 Å². The highest BCUT2D eigenvalue weighted by Gasteiger charge is 2.17. The molecule has 0 saturated heterocycles. The molecular formula is C15H20O3. The SMILES string of the molecule is COc1cc(C=CC(=O)C(C)(C)C)cc(OC)c1. The molecule has 0 aromatic heterocycles. The van der Waals surface area contributed by atoms with Crippen LogP contribution in [0.5, 0.6) is 11.5 Å². The van der Waals surface area contributed by atoms with E-state index in [4.69, 9.17) is 9.47 Å². The Labute approximate surface area is 108 Å². The van der Waals surface area contributed by atoms with Crippen LogP contribution in [0.4, 0.5) is 0 Å². The van der Waals surface area contributed by atoms with Crippen molar-refractivity contribution in [2.75, 3.05) is 14.2 Å². The van der Waals surface area contributed by atoms with Crippen LogP contribution >= 0.6 is 0 Å². The van der Waals surface area contributed by atoms with Gasteiger partial charge < -0.3 is 9.47 Å². The Bertz CT molecular complexity index is 431. The summed E-state index contributed by atoms with van der Waals surface area (Å²) in [5.74, 6) is 1.50. The molecule has 0 radical (unpaired) electrons. The summed E-state index contributed by atoms with van der Waals surface area (Å²) >= 11 is 0. The first-order valence-electron chi connectivity index (χ1n) is 5.82. The fourth-order valence-electron chi connectivity index (χ4n) is 1.35. The fourth-order valence-corrected chi connectivity index (χ4v) is 1.35.